The molecule has 0 bridgehead atoms. The fraction of sp³-hybridized carbons (Fsp3) is 0.571. The lowest BCUT2D eigenvalue weighted by atomic mass is 9.86. The van der Waals surface area contributed by atoms with Gasteiger partial charge in [0.2, 0.25) is 0 Å². The average Bonchev–Trinajstić information content (AvgIpc) is 2.38. The Bertz CT molecular complexity index is 467. The molecule has 0 amide bonds. The van der Waals surface area contributed by atoms with Crippen LogP contribution in [0.25, 0.3) is 0 Å². The molecule has 1 aliphatic rings. The van der Waals surface area contributed by atoms with Crippen molar-refractivity contribution in [3.63, 3.8) is 0 Å². The van der Waals surface area contributed by atoms with Crippen molar-refractivity contribution in [2.24, 2.45) is 0 Å². The molecule has 2 heterocycles. The molecule has 18 heavy (non-hydrogen) atoms. The first kappa shape index (κ1) is 12.8. The molecule has 0 saturated carbocycles. The van der Waals surface area contributed by atoms with Gasteiger partial charge in [0.1, 0.15) is 11.9 Å². The predicted molar refractivity (Wildman–Crippen MR) is 72.3 cm³/mol. The SMILES string of the molecule is CC(C)c1cc(C2CCNCC2)c(C#N)c(N)n1. The van der Waals surface area contributed by atoms with Crippen LogP contribution >= 0.6 is 0 Å². The van der Waals surface area contributed by atoms with Crippen molar-refractivity contribution in [2.45, 2.75) is 38.5 Å². The van der Waals surface area contributed by atoms with Crippen LogP contribution in [0.15, 0.2) is 6.07 Å². The van der Waals surface area contributed by atoms with E-state index in [0.717, 1.165) is 37.2 Å². The summed E-state index contributed by atoms with van der Waals surface area (Å²) in [4.78, 5) is 4.34. The number of hydrogen-bond acceptors (Lipinski definition) is 4. The molecule has 4 nitrogen and oxygen atoms in total. The van der Waals surface area contributed by atoms with Gasteiger partial charge in [-0.1, -0.05) is 13.8 Å². The Balaban J connectivity index is 2.45. The summed E-state index contributed by atoms with van der Waals surface area (Å²) in [6, 6.07) is 4.30. The van der Waals surface area contributed by atoms with Crippen LogP contribution in [0.4, 0.5) is 5.82 Å². The molecule has 1 aromatic rings. The largest absolute Gasteiger partial charge is 0.383 e. The zero-order valence-corrected chi connectivity index (χ0v) is 11.0. The van der Waals surface area contributed by atoms with E-state index in [-0.39, 0.29) is 0 Å². The number of nitrogen functional groups attached to an aromatic ring is 1. The highest BCUT2D eigenvalue weighted by atomic mass is 14.9. The van der Waals surface area contributed by atoms with Gasteiger partial charge in [0.05, 0.1) is 5.56 Å². The highest BCUT2D eigenvalue weighted by molar-refractivity contribution is 5.55. The Morgan fingerprint density at radius 2 is 2.11 bits per heavy atom. The maximum absolute atomic E-state index is 9.27. The van der Waals surface area contributed by atoms with E-state index < -0.39 is 0 Å². The molecule has 1 aromatic heterocycles. The number of hydrogen-bond donors (Lipinski definition) is 2. The van der Waals surface area contributed by atoms with Crippen LogP contribution in [0.5, 0.6) is 0 Å². The molecule has 2 rings (SSSR count). The number of nitrogens with zero attached hydrogens (tertiary/aromatic N) is 2. The van der Waals surface area contributed by atoms with E-state index in [1.807, 2.05) is 0 Å². The molecule has 0 spiro atoms. The molecule has 96 valence electrons. The summed E-state index contributed by atoms with van der Waals surface area (Å²) in [6.45, 7) is 6.21. The molecule has 1 saturated heterocycles. The van der Waals surface area contributed by atoms with Crippen LogP contribution in [0, 0.1) is 11.3 Å². The van der Waals surface area contributed by atoms with Gasteiger partial charge in [-0.2, -0.15) is 5.26 Å². The molecule has 4 heteroatoms. The molecule has 0 radical (unpaired) electrons. The predicted octanol–water partition coefficient (Wildman–Crippen LogP) is 2.13. The van der Waals surface area contributed by atoms with E-state index in [9.17, 15) is 5.26 Å². The number of nitrogens with one attached hydrogen (secondary N) is 1. The number of piperidine rings is 1. The van der Waals surface area contributed by atoms with E-state index in [1.165, 1.54) is 0 Å². The molecule has 1 aliphatic heterocycles. The quantitative estimate of drug-likeness (QED) is 0.835. The highest BCUT2D eigenvalue weighted by Crippen LogP contribution is 2.31. The maximum atomic E-state index is 9.27. The number of rotatable bonds is 2. The Kier molecular flexibility index (Phi) is 3.83. The smallest absolute Gasteiger partial charge is 0.141 e. The van der Waals surface area contributed by atoms with Crippen LogP contribution in [0.1, 0.15) is 55.3 Å². The minimum Gasteiger partial charge on any atom is -0.383 e. The second-order valence-corrected chi connectivity index (χ2v) is 5.19. The summed E-state index contributed by atoms with van der Waals surface area (Å²) in [5.74, 6) is 1.15. The Labute approximate surface area is 108 Å². The van der Waals surface area contributed by atoms with Crippen molar-refractivity contribution in [3.8, 4) is 6.07 Å². The summed E-state index contributed by atoms with van der Waals surface area (Å²) in [5.41, 5.74) is 8.58. The first-order valence-corrected chi connectivity index (χ1v) is 6.54. The number of nitrogens with two attached hydrogens (primary N) is 1. The minimum absolute atomic E-state index is 0.334. The summed E-state index contributed by atoms with van der Waals surface area (Å²) in [7, 11) is 0. The highest BCUT2D eigenvalue weighted by Gasteiger charge is 2.21. The van der Waals surface area contributed by atoms with Gasteiger partial charge in [0, 0.05) is 5.69 Å². The summed E-state index contributed by atoms with van der Waals surface area (Å²) in [6.07, 6.45) is 2.13. The van der Waals surface area contributed by atoms with Gasteiger partial charge in [-0.05, 0) is 49.4 Å². The van der Waals surface area contributed by atoms with E-state index in [2.05, 4.69) is 36.3 Å². The molecular weight excluding hydrogens is 224 g/mol. The molecule has 0 aliphatic carbocycles. The van der Waals surface area contributed by atoms with Crippen molar-refractivity contribution < 1.29 is 0 Å². The topological polar surface area (TPSA) is 74.7 Å². The molecular formula is C14H20N4. The Morgan fingerprint density at radius 3 is 2.67 bits per heavy atom. The number of pyridine rings is 1. The Morgan fingerprint density at radius 1 is 1.44 bits per heavy atom. The van der Waals surface area contributed by atoms with Crippen LogP contribution in [0.3, 0.4) is 0 Å². The lowest BCUT2D eigenvalue weighted by Gasteiger charge is -2.25. The average molecular weight is 244 g/mol. The third-order valence-corrected chi connectivity index (χ3v) is 3.58. The summed E-state index contributed by atoms with van der Waals surface area (Å²) in [5, 5.41) is 12.6. The molecule has 3 N–H and O–H groups in total. The van der Waals surface area contributed by atoms with Gasteiger partial charge in [-0.25, -0.2) is 4.98 Å². The fourth-order valence-corrected chi connectivity index (χ4v) is 2.48. The zero-order valence-electron chi connectivity index (χ0n) is 11.0. The van der Waals surface area contributed by atoms with Crippen molar-refractivity contribution in [3.05, 3.63) is 22.9 Å². The van der Waals surface area contributed by atoms with E-state index in [4.69, 9.17) is 5.73 Å². The molecule has 0 unspecified atom stereocenters. The van der Waals surface area contributed by atoms with Gasteiger partial charge in [-0.15, -0.1) is 0 Å². The molecule has 1 fully saturated rings. The number of aromatic nitrogens is 1. The summed E-state index contributed by atoms with van der Waals surface area (Å²) < 4.78 is 0. The van der Waals surface area contributed by atoms with Gasteiger partial charge in [-0.3, -0.25) is 0 Å². The van der Waals surface area contributed by atoms with Gasteiger partial charge in [0.25, 0.3) is 0 Å². The monoisotopic (exact) mass is 244 g/mol. The van der Waals surface area contributed by atoms with E-state index in [1.54, 1.807) is 0 Å². The van der Waals surface area contributed by atoms with E-state index >= 15 is 0 Å². The maximum Gasteiger partial charge on any atom is 0.141 e. The minimum atomic E-state index is 0.334. The van der Waals surface area contributed by atoms with Gasteiger partial charge >= 0.3 is 0 Å². The van der Waals surface area contributed by atoms with Crippen molar-refractivity contribution in [2.75, 3.05) is 18.8 Å². The molecule has 0 aromatic carbocycles. The lowest BCUT2D eigenvalue weighted by molar-refractivity contribution is 0.459. The third kappa shape index (κ3) is 2.46. The fourth-order valence-electron chi connectivity index (χ4n) is 2.48. The van der Waals surface area contributed by atoms with Gasteiger partial charge in [0.15, 0.2) is 0 Å². The van der Waals surface area contributed by atoms with E-state index in [0.29, 0.717) is 23.2 Å². The number of nitriles is 1. The normalized spacial score (nSPS) is 16.8. The number of anilines is 1. The standard InChI is InChI=1S/C14H20N4/c1-9(2)13-7-11(10-3-5-17-6-4-10)12(8-15)14(16)18-13/h7,9-10,17H,3-6H2,1-2H3,(H2,16,18). The first-order chi connectivity index (χ1) is 8.63. The van der Waals surface area contributed by atoms with Crippen LogP contribution < -0.4 is 11.1 Å². The molecule has 0 atom stereocenters. The van der Waals surface area contributed by atoms with Crippen molar-refractivity contribution in [1.82, 2.24) is 10.3 Å². The second-order valence-electron chi connectivity index (χ2n) is 5.19. The third-order valence-electron chi connectivity index (χ3n) is 3.58. The summed E-state index contributed by atoms with van der Waals surface area (Å²) >= 11 is 0. The lowest BCUT2D eigenvalue weighted by Crippen LogP contribution is -2.27. The van der Waals surface area contributed by atoms with Crippen LogP contribution in [-0.2, 0) is 0 Å². The van der Waals surface area contributed by atoms with Crippen molar-refractivity contribution in [1.29, 1.82) is 5.26 Å². The second kappa shape index (κ2) is 5.36. The van der Waals surface area contributed by atoms with Gasteiger partial charge < -0.3 is 11.1 Å². The zero-order chi connectivity index (χ0) is 13.1. The first-order valence-electron chi connectivity index (χ1n) is 6.54. The van der Waals surface area contributed by atoms with Crippen LogP contribution in [0.2, 0.25) is 0 Å². The van der Waals surface area contributed by atoms with Crippen molar-refractivity contribution >= 4 is 5.82 Å². The Hall–Kier alpha value is -1.60. The van der Waals surface area contributed by atoms with Crippen LogP contribution in [-0.4, -0.2) is 18.1 Å².